The van der Waals surface area contributed by atoms with Crippen molar-refractivity contribution in [3.63, 3.8) is 0 Å². The fourth-order valence-electron chi connectivity index (χ4n) is 4.75. The van der Waals surface area contributed by atoms with E-state index in [1.807, 2.05) is 0 Å². The van der Waals surface area contributed by atoms with E-state index in [4.69, 9.17) is 0 Å². The van der Waals surface area contributed by atoms with Crippen molar-refractivity contribution in [3.8, 4) is 0 Å². The van der Waals surface area contributed by atoms with E-state index in [9.17, 15) is 0 Å². The first kappa shape index (κ1) is 11.2. The van der Waals surface area contributed by atoms with Crippen LogP contribution in [-0.4, -0.2) is 9.49 Å². The summed E-state index contributed by atoms with van der Waals surface area (Å²) >= 11 is 2.34. The lowest BCUT2D eigenvalue weighted by atomic mass is 9.60. The van der Waals surface area contributed by atoms with Gasteiger partial charge in [-0.15, -0.1) is 11.8 Å². The molecule has 1 heteroatoms. The molecule has 0 aromatic carbocycles. The van der Waals surface area contributed by atoms with Gasteiger partial charge in [0.2, 0.25) is 0 Å². The molecule has 1 aliphatic heterocycles. The van der Waals surface area contributed by atoms with Gasteiger partial charge in [0.25, 0.3) is 0 Å². The van der Waals surface area contributed by atoms with Crippen LogP contribution in [0, 0.1) is 23.7 Å². The summed E-state index contributed by atoms with van der Waals surface area (Å²) < 4.78 is 1.02. The topological polar surface area (TPSA) is 0 Å². The van der Waals surface area contributed by atoms with Gasteiger partial charge in [-0.25, -0.2) is 0 Å². The highest BCUT2D eigenvalue weighted by Gasteiger charge is 2.64. The Kier molecular flexibility index (Phi) is 2.17. The molecule has 0 bridgehead atoms. The van der Waals surface area contributed by atoms with E-state index in [1.54, 1.807) is 5.57 Å². The van der Waals surface area contributed by atoms with Crippen molar-refractivity contribution < 1.29 is 0 Å². The summed E-state index contributed by atoms with van der Waals surface area (Å²) in [6.07, 6.45) is 5.51. The maximum atomic E-state index is 2.66. The maximum absolute atomic E-state index is 2.66. The summed E-state index contributed by atoms with van der Waals surface area (Å²) in [7, 11) is 0. The first-order valence-electron chi connectivity index (χ1n) is 6.83. The standard InChI is InChI=1S/C15H24S/c1-9-6-10(2)14(9)8-13(5)15(16-14)11(3)7-12(15)4/h8-12H,6-7H2,1-5H3. The molecule has 3 aliphatic rings. The van der Waals surface area contributed by atoms with Gasteiger partial charge in [-0.05, 0) is 43.4 Å². The third-order valence-corrected chi connectivity index (χ3v) is 8.56. The quantitative estimate of drug-likeness (QED) is 0.558. The molecule has 0 amide bonds. The Hall–Kier alpha value is 0.0900. The molecule has 1 heterocycles. The van der Waals surface area contributed by atoms with Gasteiger partial charge in [-0.1, -0.05) is 39.3 Å². The van der Waals surface area contributed by atoms with Gasteiger partial charge in [-0.3, -0.25) is 0 Å². The van der Waals surface area contributed by atoms with Gasteiger partial charge in [0.1, 0.15) is 0 Å². The van der Waals surface area contributed by atoms with Crippen molar-refractivity contribution >= 4 is 11.8 Å². The Morgan fingerprint density at radius 1 is 1.00 bits per heavy atom. The van der Waals surface area contributed by atoms with E-state index < -0.39 is 0 Å². The molecule has 0 N–H and O–H groups in total. The summed E-state index contributed by atoms with van der Waals surface area (Å²) in [6.45, 7) is 12.2. The molecule has 16 heavy (non-hydrogen) atoms. The molecular weight excluding hydrogens is 212 g/mol. The van der Waals surface area contributed by atoms with Gasteiger partial charge in [-0.2, -0.15) is 0 Å². The number of hydrogen-bond acceptors (Lipinski definition) is 1. The zero-order chi connectivity index (χ0) is 11.7. The van der Waals surface area contributed by atoms with E-state index in [-0.39, 0.29) is 0 Å². The number of rotatable bonds is 0. The fourth-order valence-corrected chi connectivity index (χ4v) is 6.98. The molecule has 2 spiro atoms. The molecular formula is C15H24S. The molecule has 0 aromatic rings. The molecule has 0 aromatic heterocycles. The van der Waals surface area contributed by atoms with Gasteiger partial charge in [0.15, 0.2) is 0 Å². The Morgan fingerprint density at radius 2 is 1.50 bits per heavy atom. The summed E-state index contributed by atoms with van der Waals surface area (Å²) in [5.41, 5.74) is 1.70. The Labute approximate surface area is 104 Å². The molecule has 4 unspecified atom stereocenters. The van der Waals surface area contributed by atoms with Crippen molar-refractivity contribution in [1.82, 2.24) is 0 Å². The van der Waals surface area contributed by atoms with Crippen LogP contribution in [0.2, 0.25) is 0 Å². The van der Waals surface area contributed by atoms with Gasteiger partial charge in [0.05, 0.1) is 0 Å². The van der Waals surface area contributed by atoms with Crippen LogP contribution in [0.5, 0.6) is 0 Å². The second-order valence-corrected chi connectivity index (χ2v) is 8.24. The zero-order valence-electron chi connectivity index (χ0n) is 11.2. The molecule has 2 aliphatic carbocycles. The molecule has 0 nitrogen and oxygen atoms in total. The summed E-state index contributed by atoms with van der Waals surface area (Å²) in [5, 5.41) is 0. The summed E-state index contributed by atoms with van der Waals surface area (Å²) in [6, 6.07) is 0. The third-order valence-electron chi connectivity index (χ3n) is 5.82. The van der Waals surface area contributed by atoms with Crippen LogP contribution in [0.4, 0.5) is 0 Å². The van der Waals surface area contributed by atoms with Gasteiger partial charge < -0.3 is 0 Å². The minimum atomic E-state index is 0.507. The summed E-state index contributed by atoms with van der Waals surface area (Å²) in [5.74, 6) is 3.56. The van der Waals surface area contributed by atoms with E-state index >= 15 is 0 Å². The van der Waals surface area contributed by atoms with Gasteiger partial charge in [0, 0.05) is 9.49 Å². The third kappa shape index (κ3) is 1.00. The minimum absolute atomic E-state index is 0.507. The highest BCUT2D eigenvalue weighted by atomic mass is 32.2. The van der Waals surface area contributed by atoms with Crippen molar-refractivity contribution in [1.29, 1.82) is 0 Å². The molecule has 3 rings (SSSR count). The van der Waals surface area contributed by atoms with Crippen LogP contribution in [0.1, 0.15) is 47.5 Å². The van der Waals surface area contributed by atoms with Crippen LogP contribution in [0.25, 0.3) is 0 Å². The van der Waals surface area contributed by atoms with E-state index in [0.29, 0.717) is 9.49 Å². The predicted molar refractivity (Wildman–Crippen MR) is 72.7 cm³/mol. The number of thioether (sulfide) groups is 1. The first-order valence-corrected chi connectivity index (χ1v) is 7.65. The summed E-state index contributed by atoms with van der Waals surface area (Å²) in [4.78, 5) is 0. The molecule has 0 radical (unpaired) electrons. The van der Waals surface area contributed by atoms with Crippen LogP contribution < -0.4 is 0 Å². The van der Waals surface area contributed by atoms with Crippen LogP contribution in [-0.2, 0) is 0 Å². The Bertz CT molecular complexity index is 338. The molecule has 0 saturated heterocycles. The van der Waals surface area contributed by atoms with Crippen LogP contribution in [0.3, 0.4) is 0 Å². The maximum Gasteiger partial charge on any atom is 0.0426 e. The SMILES string of the molecule is CC1=CC2(SC13C(C)CC3C)C(C)CC2C. The second-order valence-electron chi connectivity index (χ2n) is 6.65. The lowest BCUT2D eigenvalue weighted by molar-refractivity contribution is 0.166. The zero-order valence-corrected chi connectivity index (χ0v) is 12.0. The highest BCUT2D eigenvalue weighted by molar-refractivity contribution is 8.02. The Morgan fingerprint density at radius 3 is 1.81 bits per heavy atom. The van der Waals surface area contributed by atoms with E-state index in [1.165, 1.54) is 12.8 Å². The lowest BCUT2D eigenvalue weighted by Crippen LogP contribution is -2.54. The minimum Gasteiger partial charge on any atom is -0.139 e. The van der Waals surface area contributed by atoms with Crippen molar-refractivity contribution in [2.45, 2.75) is 57.0 Å². The van der Waals surface area contributed by atoms with Crippen LogP contribution >= 0.6 is 11.8 Å². The monoisotopic (exact) mass is 236 g/mol. The van der Waals surface area contributed by atoms with Crippen molar-refractivity contribution in [2.24, 2.45) is 23.7 Å². The fraction of sp³-hybridized carbons (Fsp3) is 0.867. The molecule has 2 fully saturated rings. The lowest BCUT2D eigenvalue weighted by Gasteiger charge is -2.58. The molecule has 2 saturated carbocycles. The first-order chi connectivity index (χ1) is 7.43. The van der Waals surface area contributed by atoms with Crippen LogP contribution in [0.15, 0.2) is 11.6 Å². The van der Waals surface area contributed by atoms with E-state index in [0.717, 1.165) is 23.7 Å². The van der Waals surface area contributed by atoms with Crippen molar-refractivity contribution in [3.05, 3.63) is 11.6 Å². The average molecular weight is 236 g/mol. The molecule has 4 atom stereocenters. The van der Waals surface area contributed by atoms with E-state index in [2.05, 4.69) is 52.5 Å². The average Bonchev–Trinajstić information content (AvgIpc) is 2.59. The predicted octanol–water partition coefficient (Wildman–Crippen LogP) is 4.51. The largest absolute Gasteiger partial charge is 0.139 e. The molecule has 90 valence electrons. The van der Waals surface area contributed by atoms with Crippen molar-refractivity contribution in [2.75, 3.05) is 0 Å². The Balaban J connectivity index is 1.96. The van der Waals surface area contributed by atoms with Gasteiger partial charge >= 0.3 is 0 Å². The second kappa shape index (κ2) is 3.10. The highest BCUT2D eigenvalue weighted by Crippen LogP contribution is 2.71. The number of hydrogen-bond donors (Lipinski definition) is 0. The normalized spacial score (nSPS) is 59.7. The smallest absolute Gasteiger partial charge is 0.0426 e.